The molecule has 0 saturated carbocycles. The molecule has 64 valence electrons. The Morgan fingerprint density at radius 1 is 1.00 bits per heavy atom. The van der Waals surface area contributed by atoms with Gasteiger partial charge in [-0.25, -0.2) is 0 Å². The standard InChI is InChI=1S/C10H13SSe/c1-2-4-10(5-3-1)11-6-8-12-9-7-11/h1-5H,6-9H2/q+1. The van der Waals surface area contributed by atoms with E-state index in [0.29, 0.717) is 10.9 Å². The van der Waals surface area contributed by atoms with Crippen LogP contribution in [0.1, 0.15) is 0 Å². The van der Waals surface area contributed by atoms with Gasteiger partial charge in [0.25, 0.3) is 0 Å². The summed E-state index contributed by atoms with van der Waals surface area (Å²) in [5.74, 6) is 2.92. The zero-order chi connectivity index (χ0) is 8.23. The molecule has 0 N–H and O–H groups in total. The van der Waals surface area contributed by atoms with Crippen LogP contribution in [-0.2, 0) is 10.9 Å². The minimum atomic E-state index is 0.608. The van der Waals surface area contributed by atoms with Gasteiger partial charge in [0, 0.05) is 0 Å². The predicted octanol–water partition coefficient (Wildman–Crippen LogP) is 2.22. The predicted molar refractivity (Wildman–Crippen MR) is 57.2 cm³/mol. The molecule has 0 aromatic heterocycles. The second-order valence-corrected chi connectivity index (χ2v) is 7.67. The van der Waals surface area contributed by atoms with Crippen LogP contribution in [0.2, 0.25) is 10.6 Å². The van der Waals surface area contributed by atoms with Crippen molar-refractivity contribution in [2.45, 2.75) is 15.5 Å². The van der Waals surface area contributed by atoms with Crippen LogP contribution in [0.4, 0.5) is 0 Å². The average molecular weight is 244 g/mol. The van der Waals surface area contributed by atoms with Crippen LogP contribution in [0.15, 0.2) is 35.2 Å². The first kappa shape index (κ1) is 8.68. The summed E-state index contributed by atoms with van der Waals surface area (Å²) in [6.45, 7) is 0. The second-order valence-electron chi connectivity index (χ2n) is 2.83. The van der Waals surface area contributed by atoms with E-state index in [-0.39, 0.29) is 0 Å². The van der Waals surface area contributed by atoms with Crippen molar-refractivity contribution in [3.63, 3.8) is 0 Å². The van der Waals surface area contributed by atoms with Crippen molar-refractivity contribution in [2.75, 3.05) is 11.5 Å². The Bertz CT molecular complexity index is 229. The molecule has 12 heavy (non-hydrogen) atoms. The molecule has 1 aromatic rings. The minimum absolute atomic E-state index is 0.608. The topological polar surface area (TPSA) is 0 Å². The quantitative estimate of drug-likeness (QED) is 0.525. The van der Waals surface area contributed by atoms with Crippen LogP contribution in [0, 0.1) is 0 Å². The molecule has 0 radical (unpaired) electrons. The van der Waals surface area contributed by atoms with Crippen LogP contribution in [-0.4, -0.2) is 26.5 Å². The summed E-state index contributed by atoms with van der Waals surface area (Å²) < 4.78 is 0. The van der Waals surface area contributed by atoms with Gasteiger partial charge in [0.15, 0.2) is 0 Å². The van der Waals surface area contributed by atoms with Crippen LogP contribution in [0.25, 0.3) is 0 Å². The van der Waals surface area contributed by atoms with Gasteiger partial charge in [0.05, 0.1) is 0 Å². The Hall–Kier alpha value is 0.0895. The summed E-state index contributed by atoms with van der Waals surface area (Å²) in [6, 6.07) is 11.0. The maximum atomic E-state index is 2.29. The summed E-state index contributed by atoms with van der Waals surface area (Å²) in [6.07, 6.45) is 0. The molecule has 0 atom stereocenters. The van der Waals surface area contributed by atoms with E-state index in [1.54, 1.807) is 4.90 Å². The SMILES string of the molecule is c1ccc([S+]2CC[Se]CC2)cc1. The molecule has 1 heterocycles. The third kappa shape index (κ3) is 2.07. The fraction of sp³-hybridized carbons (Fsp3) is 0.400. The maximum absolute atomic E-state index is 2.29. The number of rotatable bonds is 1. The molecule has 2 rings (SSSR count). The monoisotopic (exact) mass is 245 g/mol. The van der Waals surface area contributed by atoms with E-state index in [2.05, 4.69) is 30.3 Å². The molecular formula is C10H13SSe+. The molecule has 0 aliphatic carbocycles. The summed E-state index contributed by atoms with van der Waals surface area (Å²) >= 11 is 0.971. The molecule has 0 unspecified atom stereocenters. The summed E-state index contributed by atoms with van der Waals surface area (Å²) in [4.78, 5) is 1.59. The molecule has 0 amide bonds. The van der Waals surface area contributed by atoms with E-state index in [4.69, 9.17) is 0 Å². The molecule has 1 aliphatic rings. The Kier molecular flexibility index (Phi) is 3.15. The molecule has 1 aromatic carbocycles. The van der Waals surface area contributed by atoms with Gasteiger partial charge in [-0.15, -0.1) is 0 Å². The zero-order valence-electron chi connectivity index (χ0n) is 7.03. The van der Waals surface area contributed by atoms with Gasteiger partial charge in [-0.05, 0) is 0 Å². The molecule has 1 saturated heterocycles. The molecule has 0 bridgehead atoms. The summed E-state index contributed by atoms with van der Waals surface area (Å²) in [5.41, 5.74) is 0. The van der Waals surface area contributed by atoms with Crippen molar-refractivity contribution in [3.05, 3.63) is 30.3 Å². The molecular weight excluding hydrogens is 231 g/mol. The van der Waals surface area contributed by atoms with Crippen molar-refractivity contribution >= 4 is 25.9 Å². The summed E-state index contributed by atoms with van der Waals surface area (Å²) in [7, 11) is 0.608. The average Bonchev–Trinajstić information content (AvgIpc) is 2.21. The Labute approximate surface area is 83.3 Å². The van der Waals surface area contributed by atoms with E-state index in [9.17, 15) is 0 Å². The van der Waals surface area contributed by atoms with Crippen molar-refractivity contribution < 1.29 is 0 Å². The van der Waals surface area contributed by atoms with Gasteiger partial charge in [-0.1, -0.05) is 0 Å². The third-order valence-electron chi connectivity index (χ3n) is 2.02. The van der Waals surface area contributed by atoms with Gasteiger partial charge in [-0.2, -0.15) is 0 Å². The van der Waals surface area contributed by atoms with Gasteiger partial charge < -0.3 is 0 Å². The van der Waals surface area contributed by atoms with E-state index in [1.165, 1.54) is 22.1 Å². The van der Waals surface area contributed by atoms with Crippen LogP contribution < -0.4 is 0 Å². The van der Waals surface area contributed by atoms with Gasteiger partial charge in [0.1, 0.15) is 0 Å². The Balaban J connectivity index is 2.08. The fourth-order valence-corrected chi connectivity index (χ4v) is 7.67. The number of benzene rings is 1. The zero-order valence-corrected chi connectivity index (χ0v) is 9.56. The van der Waals surface area contributed by atoms with Gasteiger partial charge in [-0.3, -0.25) is 0 Å². The van der Waals surface area contributed by atoms with E-state index < -0.39 is 0 Å². The van der Waals surface area contributed by atoms with Crippen LogP contribution >= 0.6 is 0 Å². The molecule has 2 heteroatoms. The van der Waals surface area contributed by atoms with Gasteiger partial charge in [0.2, 0.25) is 0 Å². The molecule has 1 fully saturated rings. The van der Waals surface area contributed by atoms with Crippen molar-refractivity contribution in [2.24, 2.45) is 0 Å². The van der Waals surface area contributed by atoms with Crippen LogP contribution in [0.3, 0.4) is 0 Å². The van der Waals surface area contributed by atoms with Crippen molar-refractivity contribution in [1.82, 2.24) is 0 Å². The molecule has 1 aliphatic heterocycles. The Morgan fingerprint density at radius 2 is 1.67 bits per heavy atom. The first-order valence-corrected chi connectivity index (χ1v) is 8.26. The van der Waals surface area contributed by atoms with E-state index in [0.717, 1.165) is 15.0 Å². The van der Waals surface area contributed by atoms with E-state index >= 15 is 0 Å². The Morgan fingerprint density at radius 3 is 2.33 bits per heavy atom. The van der Waals surface area contributed by atoms with Crippen molar-refractivity contribution in [1.29, 1.82) is 0 Å². The van der Waals surface area contributed by atoms with Crippen LogP contribution in [0.5, 0.6) is 0 Å². The third-order valence-corrected chi connectivity index (χ3v) is 7.59. The fourth-order valence-electron chi connectivity index (χ4n) is 1.37. The van der Waals surface area contributed by atoms with Crippen molar-refractivity contribution in [3.8, 4) is 0 Å². The van der Waals surface area contributed by atoms with E-state index in [1.807, 2.05) is 0 Å². The summed E-state index contributed by atoms with van der Waals surface area (Å²) in [5, 5.41) is 3.01. The first-order valence-electron chi connectivity index (χ1n) is 4.27. The normalized spacial score (nSPS) is 19.3. The first-order chi connectivity index (χ1) is 5.97. The molecule has 0 spiro atoms. The number of hydrogen-bond donors (Lipinski definition) is 0. The molecule has 0 nitrogen and oxygen atoms in total. The van der Waals surface area contributed by atoms with Gasteiger partial charge >= 0.3 is 83.2 Å². The number of hydrogen-bond acceptors (Lipinski definition) is 0. The second kappa shape index (κ2) is 4.36.